The molecule has 2 heterocycles. The Bertz CT molecular complexity index is 2560. The molecular weight excluding hydrogens is 593 g/mol. The van der Waals surface area contributed by atoms with Crippen molar-refractivity contribution in [2.75, 3.05) is 4.90 Å². The summed E-state index contributed by atoms with van der Waals surface area (Å²) in [6, 6.07) is 56.1. The van der Waals surface area contributed by atoms with Gasteiger partial charge in [0.05, 0.1) is 0 Å². The number of hydrogen-bond acceptors (Lipinski definition) is 4. The van der Waals surface area contributed by atoms with Gasteiger partial charge in [0.25, 0.3) is 0 Å². The standard InChI is InChI=1S/C43H26N2OS/c1-2-8-27(9-3-1)28-16-20-31(21-17-28)45(33-24-25-35-34-12-4-5-15-38(34)47-39(35)26-33)32-22-18-30(19-23-32)43-44-41-36-13-6-10-29-11-7-14-37(40(29)36)42(41)46-43/h1-26H. The van der Waals surface area contributed by atoms with Gasteiger partial charge in [-0.3, -0.25) is 0 Å². The molecule has 9 aromatic rings. The summed E-state index contributed by atoms with van der Waals surface area (Å²) in [6.45, 7) is 0. The van der Waals surface area contributed by atoms with Crippen molar-refractivity contribution in [3.8, 4) is 45.2 Å². The average molecular weight is 619 g/mol. The molecule has 1 aliphatic carbocycles. The normalized spacial score (nSPS) is 11.8. The van der Waals surface area contributed by atoms with Gasteiger partial charge in [-0.1, -0.05) is 103 Å². The minimum atomic E-state index is 0.638. The predicted octanol–water partition coefficient (Wildman–Crippen LogP) is 12.6. The maximum Gasteiger partial charge on any atom is 0.227 e. The Balaban J connectivity index is 1.06. The number of thiophene rings is 1. The smallest absolute Gasteiger partial charge is 0.227 e. The Morgan fingerprint density at radius 2 is 1.13 bits per heavy atom. The van der Waals surface area contributed by atoms with E-state index < -0.39 is 0 Å². The van der Waals surface area contributed by atoms with Crippen LogP contribution in [-0.4, -0.2) is 4.98 Å². The molecule has 0 N–H and O–H groups in total. The zero-order valence-corrected chi connectivity index (χ0v) is 26.0. The SMILES string of the molecule is c1ccc(-c2ccc(N(c3ccc(-c4nc5c(o4)-c4cccc6cccc-5c46)cc3)c3ccc4c(c3)sc3ccccc34)cc2)cc1. The molecule has 0 saturated carbocycles. The molecule has 0 spiro atoms. The summed E-state index contributed by atoms with van der Waals surface area (Å²) in [5.41, 5.74) is 9.81. The molecule has 4 heteroatoms. The first-order valence-corrected chi connectivity index (χ1v) is 16.6. The molecule has 0 unspecified atom stereocenters. The number of rotatable bonds is 5. The number of anilines is 3. The van der Waals surface area contributed by atoms with Crippen molar-refractivity contribution < 1.29 is 4.42 Å². The Kier molecular flexibility index (Phi) is 5.74. The van der Waals surface area contributed by atoms with Crippen molar-refractivity contribution in [1.82, 2.24) is 4.98 Å². The Morgan fingerprint density at radius 1 is 0.489 bits per heavy atom. The van der Waals surface area contributed by atoms with Crippen molar-refractivity contribution in [3.05, 3.63) is 158 Å². The van der Waals surface area contributed by atoms with Crippen LogP contribution in [0.3, 0.4) is 0 Å². The molecule has 220 valence electrons. The van der Waals surface area contributed by atoms with Gasteiger partial charge >= 0.3 is 0 Å². The van der Waals surface area contributed by atoms with E-state index >= 15 is 0 Å². The monoisotopic (exact) mass is 618 g/mol. The zero-order chi connectivity index (χ0) is 30.9. The van der Waals surface area contributed by atoms with E-state index in [1.807, 2.05) is 11.3 Å². The van der Waals surface area contributed by atoms with Gasteiger partial charge in [0.15, 0.2) is 5.76 Å². The van der Waals surface area contributed by atoms with Gasteiger partial charge < -0.3 is 9.32 Å². The van der Waals surface area contributed by atoms with Crippen LogP contribution < -0.4 is 4.90 Å². The van der Waals surface area contributed by atoms with Gasteiger partial charge in [0.1, 0.15) is 5.69 Å². The minimum absolute atomic E-state index is 0.638. The molecule has 47 heavy (non-hydrogen) atoms. The molecule has 3 nitrogen and oxygen atoms in total. The maximum atomic E-state index is 6.46. The zero-order valence-electron chi connectivity index (χ0n) is 25.2. The second kappa shape index (κ2) is 10.3. The fourth-order valence-electron chi connectivity index (χ4n) is 7.02. The van der Waals surface area contributed by atoms with Gasteiger partial charge in [-0.25, -0.2) is 4.98 Å². The first-order valence-electron chi connectivity index (χ1n) is 15.8. The average Bonchev–Trinajstić information content (AvgIpc) is 3.82. The third-order valence-corrected chi connectivity index (χ3v) is 10.4. The Hall–Kier alpha value is -5.97. The second-order valence-corrected chi connectivity index (χ2v) is 13.1. The number of fused-ring (bicyclic) bond motifs is 6. The summed E-state index contributed by atoms with van der Waals surface area (Å²) < 4.78 is 9.04. The number of oxazole rings is 1. The molecule has 0 radical (unpaired) electrons. The third-order valence-electron chi connectivity index (χ3n) is 9.26. The van der Waals surface area contributed by atoms with Crippen molar-refractivity contribution in [2.45, 2.75) is 0 Å². The van der Waals surface area contributed by atoms with Crippen molar-refractivity contribution >= 4 is 59.3 Å². The summed E-state index contributed by atoms with van der Waals surface area (Å²) in [5, 5.41) is 5.03. The minimum Gasteiger partial charge on any atom is -0.435 e. The fourth-order valence-corrected chi connectivity index (χ4v) is 8.16. The molecule has 0 amide bonds. The van der Waals surface area contributed by atoms with E-state index in [-0.39, 0.29) is 0 Å². The van der Waals surface area contributed by atoms with E-state index in [0.717, 1.165) is 45.2 Å². The molecule has 0 saturated heterocycles. The summed E-state index contributed by atoms with van der Waals surface area (Å²) in [4.78, 5) is 7.33. The number of aromatic nitrogens is 1. The van der Waals surface area contributed by atoms with Gasteiger partial charge in [-0.15, -0.1) is 11.3 Å². The maximum absolute atomic E-state index is 6.46. The lowest BCUT2D eigenvalue weighted by Crippen LogP contribution is -2.09. The molecule has 7 aromatic carbocycles. The van der Waals surface area contributed by atoms with Gasteiger partial charge in [0, 0.05) is 59.3 Å². The summed E-state index contributed by atoms with van der Waals surface area (Å²) in [6.07, 6.45) is 0. The van der Waals surface area contributed by atoms with Crippen molar-refractivity contribution in [3.63, 3.8) is 0 Å². The van der Waals surface area contributed by atoms with Crippen LogP contribution in [0.1, 0.15) is 0 Å². The highest BCUT2D eigenvalue weighted by atomic mass is 32.1. The Labute approximate surface area is 275 Å². The van der Waals surface area contributed by atoms with Crippen LogP contribution in [0.15, 0.2) is 162 Å². The van der Waals surface area contributed by atoms with E-state index in [1.165, 1.54) is 42.1 Å². The highest BCUT2D eigenvalue weighted by Gasteiger charge is 2.27. The highest BCUT2D eigenvalue weighted by Crippen LogP contribution is 2.48. The van der Waals surface area contributed by atoms with Crippen LogP contribution in [0, 0.1) is 0 Å². The van der Waals surface area contributed by atoms with E-state index in [9.17, 15) is 0 Å². The first-order chi connectivity index (χ1) is 23.3. The third kappa shape index (κ3) is 4.16. The topological polar surface area (TPSA) is 29.3 Å². The number of nitrogens with zero attached hydrogens (tertiary/aromatic N) is 2. The number of benzene rings is 7. The van der Waals surface area contributed by atoms with Crippen LogP contribution in [0.4, 0.5) is 17.1 Å². The molecule has 0 atom stereocenters. The highest BCUT2D eigenvalue weighted by molar-refractivity contribution is 7.25. The summed E-state index contributed by atoms with van der Waals surface area (Å²) in [5.74, 6) is 1.49. The summed E-state index contributed by atoms with van der Waals surface area (Å²) >= 11 is 1.84. The van der Waals surface area contributed by atoms with Crippen molar-refractivity contribution in [1.29, 1.82) is 0 Å². The van der Waals surface area contributed by atoms with Gasteiger partial charge in [-0.2, -0.15) is 0 Å². The van der Waals surface area contributed by atoms with Crippen molar-refractivity contribution in [2.24, 2.45) is 0 Å². The van der Waals surface area contributed by atoms with E-state index in [0.29, 0.717) is 5.89 Å². The lowest BCUT2D eigenvalue weighted by atomic mass is 10.0. The molecule has 1 aliphatic rings. The molecule has 2 aromatic heterocycles. The molecule has 0 fully saturated rings. The van der Waals surface area contributed by atoms with Crippen LogP contribution in [0.25, 0.3) is 76.1 Å². The lowest BCUT2D eigenvalue weighted by molar-refractivity contribution is 0.590. The van der Waals surface area contributed by atoms with Crippen LogP contribution in [0.5, 0.6) is 0 Å². The van der Waals surface area contributed by atoms with Crippen LogP contribution in [0.2, 0.25) is 0 Å². The molecule has 10 rings (SSSR count). The molecular formula is C43H26N2OS. The van der Waals surface area contributed by atoms with Gasteiger partial charge in [-0.05, 0) is 71.1 Å². The molecule has 0 bridgehead atoms. The van der Waals surface area contributed by atoms with Crippen LogP contribution in [-0.2, 0) is 0 Å². The fraction of sp³-hybridized carbons (Fsp3) is 0. The summed E-state index contributed by atoms with van der Waals surface area (Å²) in [7, 11) is 0. The van der Waals surface area contributed by atoms with E-state index in [1.54, 1.807) is 0 Å². The van der Waals surface area contributed by atoms with E-state index in [2.05, 4.69) is 163 Å². The Morgan fingerprint density at radius 3 is 1.91 bits per heavy atom. The first kappa shape index (κ1) is 26.3. The quantitative estimate of drug-likeness (QED) is 0.192. The number of hydrogen-bond donors (Lipinski definition) is 0. The lowest BCUT2D eigenvalue weighted by Gasteiger charge is -2.26. The van der Waals surface area contributed by atoms with Crippen LogP contribution >= 0.6 is 11.3 Å². The second-order valence-electron chi connectivity index (χ2n) is 12.0. The largest absolute Gasteiger partial charge is 0.435 e. The molecule has 0 aliphatic heterocycles. The van der Waals surface area contributed by atoms with Gasteiger partial charge in [0.2, 0.25) is 5.89 Å². The predicted molar refractivity (Wildman–Crippen MR) is 197 cm³/mol. The van der Waals surface area contributed by atoms with E-state index in [4.69, 9.17) is 9.40 Å².